The van der Waals surface area contributed by atoms with Crippen LogP contribution in [0.15, 0.2) is 27.9 Å². The Morgan fingerprint density at radius 2 is 2.07 bits per heavy atom. The highest BCUT2D eigenvalue weighted by Gasteiger charge is 2.23. The van der Waals surface area contributed by atoms with Gasteiger partial charge in [0.15, 0.2) is 17.2 Å². The average Bonchev–Trinajstić information content (AvgIpc) is 3.33. The van der Waals surface area contributed by atoms with Gasteiger partial charge in [-0.1, -0.05) is 5.21 Å². The highest BCUT2D eigenvalue weighted by atomic mass is 16.6. The number of amides is 1. The molecule has 152 valence electrons. The number of carbonyl (C=O) groups excluding carboxylic acids is 1. The van der Waals surface area contributed by atoms with Crippen LogP contribution < -0.4 is 20.6 Å². The quantitative estimate of drug-likeness (QED) is 0.391. The molecule has 1 amide bonds. The van der Waals surface area contributed by atoms with Crippen LogP contribution in [0.3, 0.4) is 0 Å². The molecule has 0 bridgehead atoms. The molecule has 0 spiro atoms. The molecule has 3 rings (SSSR count). The van der Waals surface area contributed by atoms with Crippen molar-refractivity contribution in [1.82, 2.24) is 30.7 Å². The molecule has 0 saturated carbocycles. The number of nitrogens with two attached hydrogens (primary N) is 1. The minimum Gasteiger partial charge on any atom is -0.493 e. The first-order valence-corrected chi connectivity index (χ1v) is 8.16. The number of ether oxygens (including phenoxy) is 3. The van der Waals surface area contributed by atoms with Gasteiger partial charge >= 0.3 is 0 Å². The van der Waals surface area contributed by atoms with Crippen molar-refractivity contribution in [3.8, 4) is 17.3 Å². The molecule has 0 fully saturated rings. The van der Waals surface area contributed by atoms with Gasteiger partial charge < -0.3 is 19.9 Å². The second-order valence-corrected chi connectivity index (χ2v) is 5.52. The Labute approximate surface area is 164 Å². The van der Waals surface area contributed by atoms with E-state index >= 15 is 0 Å². The van der Waals surface area contributed by atoms with E-state index in [1.807, 2.05) is 0 Å². The van der Waals surface area contributed by atoms with E-state index < -0.39 is 5.91 Å². The van der Waals surface area contributed by atoms with Gasteiger partial charge in [-0.3, -0.25) is 4.79 Å². The third-order valence-electron chi connectivity index (χ3n) is 3.74. The van der Waals surface area contributed by atoms with Crippen LogP contribution in [0.25, 0.3) is 5.82 Å². The molecule has 0 radical (unpaired) electrons. The molecule has 0 saturated heterocycles. The van der Waals surface area contributed by atoms with Crippen molar-refractivity contribution in [2.24, 2.45) is 5.10 Å². The van der Waals surface area contributed by atoms with E-state index in [0.717, 1.165) is 0 Å². The summed E-state index contributed by atoms with van der Waals surface area (Å²) in [4.78, 5) is 12.5. The van der Waals surface area contributed by atoms with Gasteiger partial charge in [-0.2, -0.15) is 9.78 Å². The number of benzene rings is 1. The molecule has 13 heteroatoms. The number of hydrazone groups is 1. The van der Waals surface area contributed by atoms with E-state index in [4.69, 9.17) is 19.9 Å². The van der Waals surface area contributed by atoms with Gasteiger partial charge in [-0.05, 0) is 34.1 Å². The van der Waals surface area contributed by atoms with E-state index in [-0.39, 0.29) is 23.9 Å². The summed E-state index contributed by atoms with van der Waals surface area (Å²) in [5.41, 5.74) is 9.02. The summed E-state index contributed by atoms with van der Waals surface area (Å²) in [5, 5.41) is 18.8. The average molecular weight is 402 g/mol. The van der Waals surface area contributed by atoms with Crippen molar-refractivity contribution in [1.29, 1.82) is 0 Å². The van der Waals surface area contributed by atoms with Gasteiger partial charge in [0.25, 0.3) is 5.91 Å². The first-order valence-electron chi connectivity index (χ1n) is 8.16. The fraction of sp³-hybridized carbons (Fsp3) is 0.250. The van der Waals surface area contributed by atoms with E-state index in [1.54, 1.807) is 25.3 Å². The number of hydrogen-bond acceptors (Lipinski definition) is 11. The van der Waals surface area contributed by atoms with Crippen LogP contribution in [-0.4, -0.2) is 58.8 Å². The summed E-state index contributed by atoms with van der Waals surface area (Å²) in [6, 6.07) is 5.19. The SMILES string of the molecule is COCc1c(C(=O)N/N=C/c2ccc(OC)c(OC)c2)nnn1-c1nonc1N. The van der Waals surface area contributed by atoms with Crippen molar-refractivity contribution < 1.29 is 23.6 Å². The number of nitrogen functional groups attached to an aromatic ring is 1. The van der Waals surface area contributed by atoms with Crippen molar-refractivity contribution in [3.05, 3.63) is 35.2 Å². The zero-order valence-corrected chi connectivity index (χ0v) is 15.8. The maximum absolute atomic E-state index is 12.5. The second-order valence-electron chi connectivity index (χ2n) is 5.52. The molecule has 0 aliphatic rings. The van der Waals surface area contributed by atoms with Crippen molar-refractivity contribution in [2.45, 2.75) is 6.61 Å². The minimum atomic E-state index is -0.602. The van der Waals surface area contributed by atoms with Crippen LogP contribution in [-0.2, 0) is 11.3 Å². The third-order valence-corrected chi connectivity index (χ3v) is 3.74. The fourth-order valence-electron chi connectivity index (χ4n) is 2.40. The zero-order valence-electron chi connectivity index (χ0n) is 15.8. The number of nitrogens with one attached hydrogen (secondary N) is 1. The van der Waals surface area contributed by atoms with Crippen LogP contribution in [0.1, 0.15) is 21.7 Å². The molecule has 2 aromatic heterocycles. The summed E-state index contributed by atoms with van der Waals surface area (Å²) in [6.45, 7) is 0.0153. The normalized spacial score (nSPS) is 11.0. The topological polar surface area (TPSA) is 165 Å². The standard InChI is InChI=1S/C16H18N8O5/c1-26-8-10-13(19-23-24(10)15-14(17)21-29-22-15)16(25)20-18-7-9-4-5-11(27-2)12(6-9)28-3/h4-7H,8H2,1-3H3,(H2,17,21)(H,20,25)/b18-7+. The van der Waals surface area contributed by atoms with Crippen LogP contribution in [0.4, 0.5) is 5.82 Å². The largest absolute Gasteiger partial charge is 0.493 e. The van der Waals surface area contributed by atoms with Gasteiger partial charge in [-0.15, -0.1) is 5.10 Å². The lowest BCUT2D eigenvalue weighted by Crippen LogP contribution is -2.20. The van der Waals surface area contributed by atoms with Gasteiger partial charge in [0.2, 0.25) is 11.6 Å². The predicted molar refractivity (Wildman–Crippen MR) is 98.9 cm³/mol. The predicted octanol–water partition coefficient (Wildman–Crippen LogP) is 0.160. The maximum Gasteiger partial charge on any atom is 0.293 e. The minimum absolute atomic E-state index is 0.00862. The Bertz CT molecular complexity index is 1030. The highest BCUT2D eigenvalue weighted by Crippen LogP contribution is 2.26. The molecule has 3 N–H and O–H groups in total. The van der Waals surface area contributed by atoms with Crippen molar-refractivity contribution in [2.75, 3.05) is 27.1 Å². The third kappa shape index (κ3) is 4.14. The molecule has 2 heterocycles. The van der Waals surface area contributed by atoms with Gasteiger partial charge in [0.1, 0.15) is 5.69 Å². The first-order chi connectivity index (χ1) is 14.1. The van der Waals surface area contributed by atoms with Crippen molar-refractivity contribution >= 4 is 17.9 Å². The van der Waals surface area contributed by atoms with Gasteiger partial charge in [0.05, 0.1) is 27.0 Å². The molecule has 0 unspecified atom stereocenters. The Morgan fingerprint density at radius 1 is 1.28 bits per heavy atom. The first kappa shape index (κ1) is 19.8. The molecule has 13 nitrogen and oxygen atoms in total. The lowest BCUT2D eigenvalue weighted by atomic mass is 10.2. The summed E-state index contributed by atoms with van der Waals surface area (Å²) in [7, 11) is 4.52. The molecule has 0 atom stereocenters. The number of methoxy groups -OCH3 is 3. The zero-order chi connectivity index (χ0) is 20.8. The number of hydrogen-bond donors (Lipinski definition) is 2. The Balaban J connectivity index is 1.78. The summed E-state index contributed by atoms with van der Waals surface area (Å²) < 4.78 is 21.3. The Morgan fingerprint density at radius 3 is 2.72 bits per heavy atom. The Kier molecular flexibility index (Phi) is 5.99. The van der Waals surface area contributed by atoms with E-state index in [1.165, 1.54) is 25.1 Å². The fourth-order valence-corrected chi connectivity index (χ4v) is 2.40. The maximum atomic E-state index is 12.5. The Hall–Kier alpha value is -4.00. The lowest BCUT2D eigenvalue weighted by molar-refractivity contribution is 0.0944. The van der Waals surface area contributed by atoms with Gasteiger partial charge in [0, 0.05) is 7.11 Å². The van der Waals surface area contributed by atoms with E-state index in [9.17, 15) is 4.79 Å². The summed E-state index contributed by atoms with van der Waals surface area (Å²) >= 11 is 0. The molecule has 0 aliphatic carbocycles. The molecule has 0 aliphatic heterocycles. The van der Waals surface area contributed by atoms with Crippen LogP contribution in [0.2, 0.25) is 0 Å². The van der Waals surface area contributed by atoms with Crippen LogP contribution in [0.5, 0.6) is 11.5 Å². The summed E-state index contributed by atoms with van der Waals surface area (Å²) in [5.74, 6) is 0.598. The number of rotatable bonds is 8. The second kappa shape index (κ2) is 8.79. The number of anilines is 1. The number of nitrogens with zero attached hydrogens (tertiary/aromatic N) is 6. The molecule has 3 aromatic rings. The summed E-state index contributed by atoms with van der Waals surface area (Å²) in [6.07, 6.45) is 1.44. The smallest absolute Gasteiger partial charge is 0.293 e. The molecule has 1 aromatic carbocycles. The molecular weight excluding hydrogens is 384 g/mol. The number of carbonyl (C=O) groups is 1. The molecule has 29 heavy (non-hydrogen) atoms. The lowest BCUT2D eigenvalue weighted by Gasteiger charge is -2.07. The van der Waals surface area contributed by atoms with E-state index in [0.29, 0.717) is 22.8 Å². The monoisotopic (exact) mass is 402 g/mol. The number of aromatic nitrogens is 5. The van der Waals surface area contributed by atoms with Crippen LogP contribution >= 0.6 is 0 Å². The van der Waals surface area contributed by atoms with Crippen LogP contribution in [0, 0.1) is 0 Å². The van der Waals surface area contributed by atoms with E-state index in [2.05, 4.69) is 35.8 Å². The van der Waals surface area contributed by atoms with Gasteiger partial charge in [-0.25, -0.2) is 10.1 Å². The molecular formula is C16H18N8O5. The van der Waals surface area contributed by atoms with Crippen molar-refractivity contribution in [3.63, 3.8) is 0 Å². The highest BCUT2D eigenvalue weighted by molar-refractivity contribution is 5.94.